The third kappa shape index (κ3) is 6.23. The van der Waals surface area contributed by atoms with Crippen LogP contribution in [-0.4, -0.2) is 41.4 Å². The number of aliphatic imine (C=N–C) groups is 1. The molecule has 35 heavy (non-hydrogen) atoms. The van der Waals surface area contributed by atoms with Crippen molar-refractivity contribution in [3.63, 3.8) is 0 Å². The zero-order chi connectivity index (χ0) is 25.5. The van der Waals surface area contributed by atoms with E-state index in [4.69, 9.17) is 5.73 Å². The Hall–Kier alpha value is -3.74. The highest BCUT2D eigenvalue weighted by atomic mass is 16.2. The molecular formula is C28H34N4O3. The molecule has 0 spiro atoms. The largest absolute Gasteiger partial charge is 0.387 e. The molecule has 2 aromatic carbocycles. The second-order valence-corrected chi connectivity index (χ2v) is 8.75. The Bertz CT molecular complexity index is 1190. The molecule has 3 N–H and O–H groups in total. The number of hydrogen-bond donors (Lipinski definition) is 2. The number of benzene rings is 2. The first-order valence-corrected chi connectivity index (χ1v) is 12.2. The summed E-state index contributed by atoms with van der Waals surface area (Å²) in [7, 11) is 0. The number of carbonyl (C=O) groups excluding carboxylic acids is 3. The average Bonchev–Trinajstić information content (AvgIpc) is 3.00. The second-order valence-electron chi connectivity index (χ2n) is 8.75. The summed E-state index contributed by atoms with van der Waals surface area (Å²) in [4.78, 5) is 44.2. The van der Waals surface area contributed by atoms with Crippen molar-refractivity contribution in [2.75, 3.05) is 18.4 Å². The van der Waals surface area contributed by atoms with Gasteiger partial charge >= 0.3 is 0 Å². The van der Waals surface area contributed by atoms with E-state index in [-0.39, 0.29) is 24.0 Å². The van der Waals surface area contributed by atoms with Crippen LogP contribution in [0.2, 0.25) is 0 Å². The Morgan fingerprint density at radius 3 is 2.37 bits per heavy atom. The number of Topliss-reactive ketones (excluding diaryl/α,β-unsaturated/α-hetero) is 1. The molecule has 0 radical (unpaired) electrons. The van der Waals surface area contributed by atoms with Crippen LogP contribution in [0.15, 0.2) is 47.0 Å². The quantitative estimate of drug-likeness (QED) is 0.492. The molecular weight excluding hydrogens is 440 g/mol. The lowest BCUT2D eigenvalue weighted by atomic mass is 10.0. The maximum Gasteiger partial charge on any atom is 0.255 e. The van der Waals surface area contributed by atoms with Crippen LogP contribution in [0.4, 0.5) is 11.4 Å². The van der Waals surface area contributed by atoms with Crippen LogP contribution in [0, 0.1) is 0 Å². The normalized spacial score (nSPS) is 12.7. The molecule has 3 rings (SSSR count). The minimum Gasteiger partial charge on any atom is -0.387 e. The van der Waals surface area contributed by atoms with Crippen LogP contribution in [-0.2, 0) is 11.2 Å². The summed E-state index contributed by atoms with van der Waals surface area (Å²) in [6.07, 6.45) is 4.55. The molecule has 0 saturated carbocycles. The number of hydrogen-bond acceptors (Lipinski definition) is 5. The van der Waals surface area contributed by atoms with Crippen molar-refractivity contribution in [3.05, 3.63) is 64.2 Å². The van der Waals surface area contributed by atoms with Gasteiger partial charge in [0, 0.05) is 47.5 Å². The summed E-state index contributed by atoms with van der Waals surface area (Å²) in [6, 6.07) is 10.5. The standard InChI is InChI=1S/C28H34N4O3/c1-5-12-32(13-6-2)28(35)22-14-20-8-9-21(16-25(20)31-26(29)17-22)27(34)30-23-10-11-24(18(4)33)19(7-3)15-23/h8-11,14-16H,5-7,12-13,17H2,1-4H3,(H2,29,31)(H,30,34). The van der Waals surface area contributed by atoms with Gasteiger partial charge in [-0.25, -0.2) is 4.99 Å². The van der Waals surface area contributed by atoms with Gasteiger partial charge in [0.05, 0.1) is 5.69 Å². The van der Waals surface area contributed by atoms with Crippen molar-refractivity contribution in [1.82, 2.24) is 4.90 Å². The third-order valence-corrected chi connectivity index (χ3v) is 5.93. The van der Waals surface area contributed by atoms with Crippen LogP contribution in [0.25, 0.3) is 6.08 Å². The van der Waals surface area contributed by atoms with Gasteiger partial charge < -0.3 is 16.0 Å². The summed E-state index contributed by atoms with van der Waals surface area (Å²) >= 11 is 0. The number of rotatable bonds is 9. The van der Waals surface area contributed by atoms with Gasteiger partial charge in [-0.3, -0.25) is 14.4 Å². The van der Waals surface area contributed by atoms with Gasteiger partial charge in [-0.1, -0.05) is 26.8 Å². The first-order chi connectivity index (χ1) is 16.8. The number of nitrogens with one attached hydrogen (secondary N) is 1. The number of amidine groups is 1. The predicted octanol–water partition coefficient (Wildman–Crippen LogP) is 5.13. The highest BCUT2D eigenvalue weighted by Crippen LogP contribution is 2.29. The topological polar surface area (TPSA) is 105 Å². The Labute approximate surface area is 207 Å². The fourth-order valence-electron chi connectivity index (χ4n) is 4.24. The van der Waals surface area contributed by atoms with Gasteiger partial charge in [-0.15, -0.1) is 0 Å². The molecule has 0 fully saturated rings. The first-order valence-electron chi connectivity index (χ1n) is 12.2. The van der Waals surface area contributed by atoms with E-state index in [1.54, 1.807) is 30.3 Å². The van der Waals surface area contributed by atoms with Gasteiger partial charge in [-0.2, -0.15) is 0 Å². The van der Waals surface area contributed by atoms with Gasteiger partial charge in [0.1, 0.15) is 5.84 Å². The lowest BCUT2D eigenvalue weighted by Gasteiger charge is -2.22. The molecule has 1 aliphatic heterocycles. The van der Waals surface area contributed by atoms with Gasteiger partial charge in [0.15, 0.2) is 5.78 Å². The summed E-state index contributed by atoms with van der Waals surface area (Å²) in [5.41, 5.74) is 10.6. The van der Waals surface area contributed by atoms with Gasteiger partial charge in [0.2, 0.25) is 5.91 Å². The first kappa shape index (κ1) is 25.9. The number of aryl methyl sites for hydroxylation is 1. The number of amides is 2. The van der Waals surface area contributed by atoms with Crippen molar-refractivity contribution in [2.45, 2.75) is 53.4 Å². The molecule has 0 aliphatic carbocycles. The molecule has 1 aliphatic rings. The van der Waals surface area contributed by atoms with Crippen molar-refractivity contribution in [3.8, 4) is 0 Å². The third-order valence-electron chi connectivity index (χ3n) is 5.93. The lowest BCUT2D eigenvalue weighted by Crippen LogP contribution is -2.34. The van der Waals surface area contributed by atoms with E-state index in [9.17, 15) is 14.4 Å². The summed E-state index contributed by atoms with van der Waals surface area (Å²) in [5.74, 6) is 0.0173. The zero-order valence-electron chi connectivity index (χ0n) is 21.0. The van der Waals surface area contributed by atoms with Crippen molar-refractivity contribution < 1.29 is 14.4 Å². The molecule has 0 unspecified atom stereocenters. The fraction of sp³-hybridized carbons (Fsp3) is 0.357. The minimum atomic E-state index is -0.291. The smallest absolute Gasteiger partial charge is 0.255 e. The number of anilines is 1. The van der Waals surface area contributed by atoms with Gasteiger partial charge in [-0.05, 0) is 68.2 Å². The van der Waals surface area contributed by atoms with E-state index in [0.29, 0.717) is 53.4 Å². The molecule has 184 valence electrons. The van der Waals surface area contributed by atoms with Crippen LogP contribution in [0.1, 0.15) is 78.8 Å². The molecule has 0 atom stereocenters. The second kappa shape index (κ2) is 11.6. The van der Waals surface area contributed by atoms with Crippen LogP contribution >= 0.6 is 0 Å². The number of carbonyl (C=O) groups is 3. The van der Waals surface area contributed by atoms with Crippen molar-refractivity contribution in [1.29, 1.82) is 0 Å². The molecule has 0 bridgehead atoms. The van der Waals surface area contributed by atoms with Crippen molar-refractivity contribution >= 4 is 40.9 Å². The Balaban J connectivity index is 1.87. The van der Waals surface area contributed by atoms with E-state index >= 15 is 0 Å². The fourth-order valence-corrected chi connectivity index (χ4v) is 4.24. The van der Waals surface area contributed by atoms with E-state index in [1.807, 2.05) is 24.0 Å². The molecule has 2 amide bonds. The van der Waals surface area contributed by atoms with Gasteiger partial charge in [0.25, 0.3) is 5.91 Å². The Morgan fingerprint density at radius 2 is 1.74 bits per heavy atom. The molecule has 0 aromatic heterocycles. The lowest BCUT2D eigenvalue weighted by molar-refractivity contribution is -0.127. The monoisotopic (exact) mass is 474 g/mol. The Morgan fingerprint density at radius 1 is 1.03 bits per heavy atom. The molecule has 1 heterocycles. The van der Waals surface area contributed by atoms with E-state index in [0.717, 1.165) is 24.0 Å². The van der Waals surface area contributed by atoms with Crippen LogP contribution < -0.4 is 11.1 Å². The van der Waals surface area contributed by atoms with E-state index < -0.39 is 0 Å². The summed E-state index contributed by atoms with van der Waals surface area (Å²) in [6.45, 7) is 9.00. The summed E-state index contributed by atoms with van der Waals surface area (Å²) in [5, 5.41) is 2.90. The van der Waals surface area contributed by atoms with E-state index in [1.165, 1.54) is 6.92 Å². The number of nitrogens with two attached hydrogens (primary N) is 1. The highest BCUT2D eigenvalue weighted by molar-refractivity contribution is 6.08. The number of ketones is 1. The van der Waals surface area contributed by atoms with Crippen molar-refractivity contribution in [2.24, 2.45) is 10.7 Å². The number of nitrogens with zero attached hydrogens (tertiary/aromatic N) is 2. The molecule has 7 heteroatoms. The molecule has 0 saturated heterocycles. The Kier molecular flexibility index (Phi) is 8.58. The van der Waals surface area contributed by atoms with E-state index in [2.05, 4.69) is 24.2 Å². The number of fused-ring (bicyclic) bond motifs is 1. The zero-order valence-corrected chi connectivity index (χ0v) is 21.0. The minimum absolute atomic E-state index is 0.000608. The maximum atomic E-state index is 13.1. The van der Waals surface area contributed by atoms with Crippen LogP contribution in [0.3, 0.4) is 0 Å². The molecule has 7 nitrogen and oxygen atoms in total. The van der Waals surface area contributed by atoms with Crippen LogP contribution in [0.5, 0.6) is 0 Å². The summed E-state index contributed by atoms with van der Waals surface area (Å²) < 4.78 is 0. The average molecular weight is 475 g/mol. The predicted molar refractivity (Wildman–Crippen MR) is 141 cm³/mol. The highest BCUT2D eigenvalue weighted by Gasteiger charge is 2.21. The SMILES string of the molecule is CCCN(CCC)C(=O)C1=Cc2ccc(C(=O)Nc3ccc(C(C)=O)c(CC)c3)cc2N=C(N)C1. The maximum absolute atomic E-state index is 13.1. The molecule has 2 aromatic rings.